The number of nitrogens with zero attached hydrogens (tertiary/aromatic N) is 2. The largest absolute Gasteiger partial charge is 0.461 e. The van der Waals surface area contributed by atoms with Crippen LogP contribution in [0.1, 0.15) is 85.9 Å². The van der Waals surface area contributed by atoms with Crippen molar-refractivity contribution in [3.05, 3.63) is 35.4 Å². The van der Waals surface area contributed by atoms with E-state index in [0.717, 1.165) is 25.9 Å². The average Bonchev–Trinajstić information content (AvgIpc) is 2.79. The fourth-order valence-electron chi connectivity index (χ4n) is 3.37. The Kier molecular flexibility index (Phi) is 15.5. The van der Waals surface area contributed by atoms with E-state index in [1.165, 1.54) is 38.5 Å². The van der Waals surface area contributed by atoms with Crippen molar-refractivity contribution in [1.82, 2.24) is 9.80 Å². The van der Waals surface area contributed by atoms with Gasteiger partial charge in [0, 0.05) is 13.1 Å². The monoisotopic (exact) mass is 448 g/mol. The number of rotatable bonds is 18. The van der Waals surface area contributed by atoms with Crippen LogP contribution in [0.5, 0.6) is 0 Å². The van der Waals surface area contributed by atoms with Crippen molar-refractivity contribution in [1.29, 1.82) is 0 Å². The number of carbonyl (C=O) groups is 2. The zero-order valence-electron chi connectivity index (χ0n) is 20.7. The highest BCUT2D eigenvalue weighted by atomic mass is 16.5. The molecule has 0 fully saturated rings. The Labute approximate surface area is 195 Å². The van der Waals surface area contributed by atoms with E-state index in [9.17, 15) is 9.59 Å². The van der Waals surface area contributed by atoms with Crippen LogP contribution in [0.4, 0.5) is 0 Å². The number of hydrogen-bond donors (Lipinski definition) is 0. The highest BCUT2D eigenvalue weighted by Crippen LogP contribution is 2.09. The van der Waals surface area contributed by atoms with Crippen LogP contribution in [0.15, 0.2) is 24.3 Å². The molecular weight excluding hydrogens is 404 g/mol. The van der Waals surface area contributed by atoms with Crippen LogP contribution >= 0.6 is 0 Å². The Bertz CT molecular complexity index is 599. The summed E-state index contributed by atoms with van der Waals surface area (Å²) in [4.78, 5) is 29.1. The molecule has 1 rings (SSSR count). The molecule has 1 aromatic carbocycles. The first-order valence-electron chi connectivity index (χ1n) is 12.3. The van der Waals surface area contributed by atoms with Gasteiger partial charge in [-0.15, -0.1) is 0 Å². The summed E-state index contributed by atoms with van der Waals surface area (Å²) in [5.41, 5.74) is 0.746. The lowest BCUT2D eigenvalue weighted by Crippen LogP contribution is -2.26. The molecule has 6 nitrogen and oxygen atoms in total. The summed E-state index contributed by atoms with van der Waals surface area (Å²) >= 11 is 0. The van der Waals surface area contributed by atoms with Crippen molar-refractivity contribution >= 4 is 11.9 Å². The molecule has 0 unspecified atom stereocenters. The van der Waals surface area contributed by atoms with Gasteiger partial charge in [0.1, 0.15) is 13.2 Å². The lowest BCUT2D eigenvalue weighted by atomic mass is 10.1. The molecule has 182 valence electrons. The Hall–Kier alpha value is -1.92. The standard InChI is InChI=1S/C26H44N2O4/c1-5-7-9-11-16-27(3)18-20-31-25(29)23-14-13-15-24(22-23)26(30)32-21-19-28(4)17-12-10-8-6-2/h13-15,22H,5-12,16-21H2,1-4H3. The molecule has 0 heterocycles. The van der Waals surface area contributed by atoms with E-state index in [4.69, 9.17) is 9.47 Å². The van der Waals surface area contributed by atoms with E-state index >= 15 is 0 Å². The molecule has 0 aliphatic heterocycles. The van der Waals surface area contributed by atoms with Crippen LogP contribution in [-0.2, 0) is 9.47 Å². The van der Waals surface area contributed by atoms with Gasteiger partial charge in [0.25, 0.3) is 0 Å². The van der Waals surface area contributed by atoms with Crippen LogP contribution in [0.3, 0.4) is 0 Å². The zero-order chi connectivity index (χ0) is 23.6. The summed E-state index contributed by atoms with van der Waals surface area (Å²) in [7, 11) is 4.08. The Morgan fingerprint density at radius 2 is 1.12 bits per heavy atom. The molecule has 0 N–H and O–H groups in total. The highest BCUT2D eigenvalue weighted by Gasteiger charge is 2.13. The molecule has 0 amide bonds. The highest BCUT2D eigenvalue weighted by molar-refractivity contribution is 5.95. The smallest absolute Gasteiger partial charge is 0.338 e. The average molecular weight is 449 g/mol. The quantitative estimate of drug-likeness (QED) is 0.232. The van der Waals surface area contributed by atoms with Crippen LogP contribution in [-0.4, -0.2) is 75.2 Å². The maximum atomic E-state index is 12.4. The van der Waals surface area contributed by atoms with E-state index in [1.807, 2.05) is 14.1 Å². The van der Waals surface area contributed by atoms with Gasteiger partial charge in [-0.1, -0.05) is 58.4 Å². The van der Waals surface area contributed by atoms with Crippen LogP contribution in [0.25, 0.3) is 0 Å². The topological polar surface area (TPSA) is 59.1 Å². The van der Waals surface area contributed by atoms with Gasteiger partial charge in [0.15, 0.2) is 0 Å². The van der Waals surface area contributed by atoms with Gasteiger partial charge in [-0.05, 0) is 58.2 Å². The minimum Gasteiger partial charge on any atom is -0.461 e. The molecule has 6 heteroatoms. The predicted molar refractivity (Wildman–Crippen MR) is 130 cm³/mol. The van der Waals surface area contributed by atoms with E-state index in [2.05, 4.69) is 23.6 Å². The van der Waals surface area contributed by atoms with Crippen LogP contribution in [0, 0.1) is 0 Å². The maximum absolute atomic E-state index is 12.4. The van der Waals surface area contributed by atoms with E-state index in [1.54, 1.807) is 24.3 Å². The SMILES string of the molecule is CCCCCCN(C)CCOC(=O)c1cccc(C(=O)OCCN(C)CCCCCC)c1. The molecular formula is C26H44N2O4. The van der Waals surface area contributed by atoms with Crippen molar-refractivity contribution < 1.29 is 19.1 Å². The molecule has 32 heavy (non-hydrogen) atoms. The molecule has 0 bridgehead atoms. The number of esters is 2. The first-order valence-corrected chi connectivity index (χ1v) is 12.3. The van der Waals surface area contributed by atoms with Gasteiger partial charge in [-0.2, -0.15) is 0 Å². The second-order valence-electron chi connectivity index (χ2n) is 8.58. The third-order valence-electron chi connectivity index (χ3n) is 5.53. The second-order valence-corrected chi connectivity index (χ2v) is 8.58. The van der Waals surface area contributed by atoms with Crippen molar-refractivity contribution in [2.75, 3.05) is 53.5 Å². The summed E-state index contributed by atoms with van der Waals surface area (Å²) in [6, 6.07) is 6.57. The molecule has 0 spiro atoms. The minimum atomic E-state index is -0.411. The minimum absolute atomic E-state index is 0.336. The number of benzene rings is 1. The third kappa shape index (κ3) is 12.8. The van der Waals surface area contributed by atoms with E-state index < -0.39 is 11.9 Å². The Balaban J connectivity index is 2.33. The lowest BCUT2D eigenvalue weighted by Gasteiger charge is -2.16. The third-order valence-corrected chi connectivity index (χ3v) is 5.53. The molecule has 0 aliphatic rings. The zero-order valence-corrected chi connectivity index (χ0v) is 20.7. The van der Waals surface area contributed by atoms with Gasteiger partial charge in [-0.3, -0.25) is 0 Å². The normalized spacial score (nSPS) is 11.2. The van der Waals surface area contributed by atoms with Crippen LogP contribution in [0.2, 0.25) is 0 Å². The van der Waals surface area contributed by atoms with Crippen molar-refractivity contribution in [2.45, 2.75) is 65.2 Å². The van der Waals surface area contributed by atoms with E-state index in [0.29, 0.717) is 37.4 Å². The van der Waals surface area contributed by atoms with Crippen LogP contribution < -0.4 is 0 Å². The number of hydrogen-bond acceptors (Lipinski definition) is 6. The molecule has 0 saturated heterocycles. The van der Waals surface area contributed by atoms with Gasteiger partial charge in [-0.25, -0.2) is 9.59 Å². The van der Waals surface area contributed by atoms with Gasteiger partial charge < -0.3 is 19.3 Å². The lowest BCUT2D eigenvalue weighted by molar-refractivity contribution is 0.0471. The van der Waals surface area contributed by atoms with Crippen molar-refractivity contribution in [3.8, 4) is 0 Å². The van der Waals surface area contributed by atoms with Crippen molar-refractivity contribution in [2.24, 2.45) is 0 Å². The molecule has 0 aliphatic carbocycles. The fourth-order valence-corrected chi connectivity index (χ4v) is 3.37. The maximum Gasteiger partial charge on any atom is 0.338 e. The summed E-state index contributed by atoms with van der Waals surface area (Å²) in [5, 5.41) is 0. The predicted octanol–water partition coefficient (Wildman–Crippen LogP) is 5.02. The Morgan fingerprint density at radius 3 is 1.53 bits per heavy atom. The van der Waals surface area contributed by atoms with Gasteiger partial charge >= 0.3 is 11.9 Å². The fraction of sp³-hybridized carbons (Fsp3) is 0.692. The summed E-state index contributed by atoms with van der Waals surface area (Å²) < 4.78 is 10.8. The number of likely N-dealkylation sites (N-methyl/N-ethyl adjacent to an activating group) is 2. The molecule has 1 aromatic rings. The number of carbonyl (C=O) groups excluding carboxylic acids is 2. The molecule has 0 aromatic heterocycles. The summed E-state index contributed by atoms with van der Waals surface area (Å²) in [5.74, 6) is -0.823. The number of unbranched alkanes of at least 4 members (excludes halogenated alkanes) is 6. The van der Waals surface area contributed by atoms with E-state index in [-0.39, 0.29) is 0 Å². The van der Waals surface area contributed by atoms with Gasteiger partial charge in [0.2, 0.25) is 0 Å². The van der Waals surface area contributed by atoms with Crippen molar-refractivity contribution in [3.63, 3.8) is 0 Å². The molecule has 0 radical (unpaired) electrons. The second kappa shape index (κ2) is 17.6. The summed E-state index contributed by atoms with van der Waals surface area (Å²) in [6.45, 7) is 8.49. The first-order chi connectivity index (χ1) is 15.5. The summed E-state index contributed by atoms with van der Waals surface area (Å²) in [6.07, 6.45) is 9.77. The first kappa shape index (κ1) is 28.1. The molecule has 0 atom stereocenters. The molecule has 0 saturated carbocycles. The Morgan fingerprint density at radius 1 is 0.688 bits per heavy atom. The van der Waals surface area contributed by atoms with Gasteiger partial charge in [0.05, 0.1) is 11.1 Å². The number of ether oxygens (including phenoxy) is 2.